The molecular formula is C14H20ClN3O. The molecule has 104 valence electrons. The fourth-order valence-electron chi connectivity index (χ4n) is 2.49. The topological polar surface area (TPSA) is 58.4 Å². The first-order chi connectivity index (χ1) is 9.06. The van der Waals surface area contributed by atoms with Gasteiger partial charge in [0.05, 0.1) is 0 Å². The van der Waals surface area contributed by atoms with Gasteiger partial charge in [-0.25, -0.2) is 4.79 Å². The normalized spacial score (nSPS) is 18.3. The van der Waals surface area contributed by atoms with Gasteiger partial charge in [0.25, 0.3) is 0 Å². The first-order valence-electron chi connectivity index (χ1n) is 6.62. The van der Waals surface area contributed by atoms with E-state index >= 15 is 0 Å². The molecule has 0 unspecified atom stereocenters. The highest BCUT2D eigenvalue weighted by Crippen LogP contribution is 2.20. The molecule has 1 saturated heterocycles. The molecule has 19 heavy (non-hydrogen) atoms. The SMILES string of the molecule is C[C@@H](NC1CCN(C(N)=O)CC1)c1cccc(Cl)c1. The summed E-state index contributed by atoms with van der Waals surface area (Å²) in [5.74, 6) is 0. The second kappa shape index (κ2) is 6.26. The number of urea groups is 1. The van der Waals surface area contributed by atoms with Crippen molar-refractivity contribution in [1.29, 1.82) is 0 Å². The molecule has 0 spiro atoms. The number of piperidine rings is 1. The molecule has 1 aliphatic heterocycles. The van der Waals surface area contributed by atoms with Crippen molar-refractivity contribution >= 4 is 17.6 Å². The minimum atomic E-state index is -0.318. The quantitative estimate of drug-likeness (QED) is 0.894. The molecule has 0 aliphatic carbocycles. The van der Waals surface area contributed by atoms with Gasteiger partial charge in [-0.1, -0.05) is 23.7 Å². The maximum Gasteiger partial charge on any atom is 0.314 e. The van der Waals surface area contributed by atoms with E-state index in [-0.39, 0.29) is 12.1 Å². The molecule has 1 atom stereocenters. The van der Waals surface area contributed by atoms with Gasteiger partial charge < -0.3 is 16.0 Å². The van der Waals surface area contributed by atoms with E-state index in [9.17, 15) is 4.79 Å². The Labute approximate surface area is 118 Å². The molecular weight excluding hydrogens is 262 g/mol. The van der Waals surface area contributed by atoms with Crippen LogP contribution in [0.25, 0.3) is 0 Å². The lowest BCUT2D eigenvalue weighted by Gasteiger charge is -2.33. The third-order valence-electron chi connectivity index (χ3n) is 3.64. The van der Waals surface area contributed by atoms with Crippen LogP contribution < -0.4 is 11.1 Å². The van der Waals surface area contributed by atoms with Crippen LogP contribution in [-0.4, -0.2) is 30.1 Å². The minimum Gasteiger partial charge on any atom is -0.351 e. The third-order valence-corrected chi connectivity index (χ3v) is 3.88. The van der Waals surface area contributed by atoms with Gasteiger partial charge in [0, 0.05) is 30.2 Å². The summed E-state index contributed by atoms with van der Waals surface area (Å²) in [4.78, 5) is 12.8. The van der Waals surface area contributed by atoms with Crippen molar-refractivity contribution in [2.75, 3.05) is 13.1 Å². The van der Waals surface area contributed by atoms with Gasteiger partial charge in [0.2, 0.25) is 0 Å². The number of halogens is 1. The van der Waals surface area contributed by atoms with Crippen LogP contribution in [0.15, 0.2) is 24.3 Å². The number of nitrogens with one attached hydrogen (secondary N) is 1. The van der Waals surface area contributed by atoms with Crippen LogP contribution in [0.2, 0.25) is 5.02 Å². The third kappa shape index (κ3) is 3.85. The summed E-state index contributed by atoms with van der Waals surface area (Å²) < 4.78 is 0. The predicted molar refractivity (Wildman–Crippen MR) is 77.2 cm³/mol. The van der Waals surface area contributed by atoms with E-state index in [1.54, 1.807) is 4.90 Å². The molecule has 0 bridgehead atoms. The van der Waals surface area contributed by atoms with E-state index in [1.807, 2.05) is 18.2 Å². The Morgan fingerprint density at radius 1 is 1.47 bits per heavy atom. The molecule has 2 amide bonds. The standard InChI is InChI=1S/C14H20ClN3O/c1-10(11-3-2-4-12(15)9-11)17-13-5-7-18(8-6-13)14(16)19/h2-4,9-10,13,17H,5-8H2,1H3,(H2,16,19)/t10-/m1/s1. The number of amides is 2. The van der Waals surface area contributed by atoms with Gasteiger partial charge >= 0.3 is 6.03 Å². The van der Waals surface area contributed by atoms with E-state index < -0.39 is 0 Å². The number of carbonyl (C=O) groups excluding carboxylic acids is 1. The predicted octanol–water partition coefficient (Wildman–Crippen LogP) is 2.53. The Hall–Kier alpha value is -1.26. The lowest BCUT2D eigenvalue weighted by molar-refractivity contribution is 0.183. The first kappa shape index (κ1) is 14.2. The number of nitrogens with zero attached hydrogens (tertiary/aromatic N) is 1. The van der Waals surface area contributed by atoms with Gasteiger partial charge in [-0.3, -0.25) is 0 Å². The summed E-state index contributed by atoms with van der Waals surface area (Å²) in [6.45, 7) is 3.59. The Kier molecular flexibility index (Phi) is 4.66. The van der Waals surface area contributed by atoms with Crippen molar-refractivity contribution in [2.45, 2.75) is 31.8 Å². The Morgan fingerprint density at radius 3 is 2.74 bits per heavy atom. The summed E-state index contributed by atoms with van der Waals surface area (Å²) in [5.41, 5.74) is 6.46. The molecule has 1 aliphatic rings. The number of hydrogen-bond acceptors (Lipinski definition) is 2. The molecule has 1 aromatic rings. The molecule has 3 N–H and O–H groups in total. The lowest BCUT2D eigenvalue weighted by Crippen LogP contribution is -2.47. The van der Waals surface area contributed by atoms with Gasteiger partial charge in [-0.15, -0.1) is 0 Å². The van der Waals surface area contributed by atoms with Crippen molar-refractivity contribution < 1.29 is 4.79 Å². The van der Waals surface area contributed by atoms with Gasteiger partial charge in [-0.05, 0) is 37.5 Å². The number of likely N-dealkylation sites (tertiary alicyclic amines) is 1. The molecule has 1 fully saturated rings. The average Bonchev–Trinajstić information content (AvgIpc) is 2.39. The van der Waals surface area contributed by atoms with Crippen LogP contribution in [0.5, 0.6) is 0 Å². The summed E-state index contributed by atoms with van der Waals surface area (Å²) in [7, 11) is 0. The number of primary amides is 1. The van der Waals surface area contributed by atoms with Crippen LogP contribution in [0.3, 0.4) is 0 Å². The van der Waals surface area contributed by atoms with Crippen molar-refractivity contribution in [1.82, 2.24) is 10.2 Å². The Balaban J connectivity index is 1.87. The van der Waals surface area contributed by atoms with Gasteiger partial charge in [0.1, 0.15) is 0 Å². The van der Waals surface area contributed by atoms with E-state index in [2.05, 4.69) is 18.3 Å². The molecule has 1 aromatic carbocycles. The molecule has 4 nitrogen and oxygen atoms in total. The number of rotatable bonds is 3. The molecule has 0 aromatic heterocycles. The molecule has 2 rings (SSSR count). The Bertz CT molecular complexity index is 444. The molecule has 0 radical (unpaired) electrons. The second-order valence-corrected chi connectivity index (χ2v) is 5.48. The zero-order valence-corrected chi connectivity index (χ0v) is 11.9. The monoisotopic (exact) mass is 281 g/mol. The van der Waals surface area contributed by atoms with Crippen molar-refractivity contribution in [3.8, 4) is 0 Å². The Morgan fingerprint density at radius 2 is 2.16 bits per heavy atom. The van der Waals surface area contributed by atoms with Crippen LogP contribution in [-0.2, 0) is 0 Å². The smallest absolute Gasteiger partial charge is 0.314 e. The summed E-state index contributed by atoms with van der Waals surface area (Å²) in [6, 6.07) is 8.25. The highest BCUT2D eigenvalue weighted by Gasteiger charge is 2.22. The van der Waals surface area contributed by atoms with Crippen LogP contribution in [0, 0.1) is 0 Å². The fraction of sp³-hybridized carbons (Fsp3) is 0.500. The summed E-state index contributed by atoms with van der Waals surface area (Å²) >= 11 is 6.00. The van der Waals surface area contributed by atoms with Gasteiger partial charge in [0.15, 0.2) is 0 Å². The second-order valence-electron chi connectivity index (χ2n) is 5.04. The van der Waals surface area contributed by atoms with E-state index in [0.29, 0.717) is 6.04 Å². The van der Waals surface area contributed by atoms with E-state index in [1.165, 1.54) is 5.56 Å². The number of hydrogen-bond donors (Lipinski definition) is 2. The summed E-state index contributed by atoms with van der Waals surface area (Å²) in [5, 5.41) is 4.34. The van der Waals surface area contributed by atoms with Crippen molar-refractivity contribution in [2.24, 2.45) is 5.73 Å². The highest BCUT2D eigenvalue weighted by atomic mass is 35.5. The molecule has 1 heterocycles. The molecule has 0 saturated carbocycles. The van der Waals surface area contributed by atoms with E-state index in [4.69, 9.17) is 17.3 Å². The maximum atomic E-state index is 11.1. The average molecular weight is 282 g/mol. The van der Waals surface area contributed by atoms with Crippen LogP contribution >= 0.6 is 11.6 Å². The zero-order valence-electron chi connectivity index (χ0n) is 11.1. The number of nitrogens with two attached hydrogens (primary N) is 1. The fourth-order valence-corrected chi connectivity index (χ4v) is 2.69. The maximum absolute atomic E-state index is 11.1. The van der Waals surface area contributed by atoms with E-state index in [0.717, 1.165) is 31.0 Å². The van der Waals surface area contributed by atoms with Crippen LogP contribution in [0.4, 0.5) is 4.79 Å². The van der Waals surface area contributed by atoms with Crippen molar-refractivity contribution in [3.63, 3.8) is 0 Å². The van der Waals surface area contributed by atoms with Gasteiger partial charge in [-0.2, -0.15) is 0 Å². The number of benzene rings is 1. The minimum absolute atomic E-state index is 0.254. The van der Waals surface area contributed by atoms with Crippen LogP contribution in [0.1, 0.15) is 31.4 Å². The lowest BCUT2D eigenvalue weighted by atomic mass is 10.0. The summed E-state index contributed by atoms with van der Waals surface area (Å²) in [6.07, 6.45) is 1.88. The first-order valence-corrected chi connectivity index (χ1v) is 7.00. The van der Waals surface area contributed by atoms with Crippen molar-refractivity contribution in [3.05, 3.63) is 34.9 Å². The molecule has 5 heteroatoms. The largest absolute Gasteiger partial charge is 0.351 e. The highest BCUT2D eigenvalue weighted by molar-refractivity contribution is 6.30. The zero-order chi connectivity index (χ0) is 13.8. The number of carbonyl (C=O) groups is 1.